The first-order valence-electron chi connectivity index (χ1n) is 6.76. The minimum Gasteiger partial charge on any atom is -0.463 e. The number of aliphatic hydroxyl groups is 1. The van der Waals surface area contributed by atoms with Crippen molar-refractivity contribution in [3.05, 3.63) is 35.9 Å². The molecule has 0 radical (unpaired) electrons. The van der Waals surface area contributed by atoms with Crippen molar-refractivity contribution in [2.24, 2.45) is 0 Å². The highest BCUT2D eigenvalue weighted by Gasteiger charge is 2.28. The first-order valence-corrected chi connectivity index (χ1v) is 6.76. The first-order chi connectivity index (χ1) is 9.29. The number of ether oxygens (including phenoxy) is 2. The van der Waals surface area contributed by atoms with E-state index in [0.717, 1.165) is 0 Å². The van der Waals surface area contributed by atoms with E-state index in [9.17, 15) is 9.90 Å². The third-order valence-corrected chi connectivity index (χ3v) is 2.70. The maximum atomic E-state index is 10.5. The molecular formula is C16H26O4. The van der Waals surface area contributed by atoms with E-state index < -0.39 is 17.7 Å². The Hall–Kier alpha value is -1.39. The SMILES string of the molecule is CCOC(C)(C)C(O)COC(C)=O.Cc1ccccc1. The predicted octanol–water partition coefficient (Wildman–Crippen LogP) is 2.72. The van der Waals surface area contributed by atoms with E-state index in [-0.39, 0.29) is 6.61 Å². The van der Waals surface area contributed by atoms with Gasteiger partial charge in [0.05, 0.1) is 5.60 Å². The molecule has 114 valence electrons. The minimum absolute atomic E-state index is 0.0255. The first kappa shape index (κ1) is 18.6. The zero-order chi connectivity index (χ0) is 15.6. The van der Waals surface area contributed by atoms with Crippen molar-refractivity contribution in [3.63, 3.8) is 0 Å². The second-order valence-electron chi connectivity index (χ2n) is 5.01. The largest absolute Gasteiger partial charge is 0.463 e. The Morgan fingerprint density at radius 2 is 1.85 bits per heavy atom. The summed E-state index contributed by atoms with van der Waals surface area (Å²) >= 11 is 0. The van der Waals surface area contributed by atoms with Crippen molar-refractivity contribution in [3.8, 4) is 0 Å². The van der Waals surface area contributed by atoms with Gasteiger partial charge in [-0.3, -0.25) is 4.79 Å². The Bertz CT molecular complexity index is 373. The lowest BCUT2D eigenvalue weighted by molar-refractivity contribution is -0.154. The van der Waals surface area contributed by atoms with E-state index in [4.69, 9.17) is 4.74 Å². The molecule has 0 aliphatic carbocycles. The molecule has 0 spiro atoms. The van der Waals surface area contributed by atoms with Gasteiger partial charge in [-0.2, -0.15) is 0 Å². The molecule has 1 rings (SSSR count). The van der Waals surface area contributed by atoms with Crippen LogP contribution in [0.25, 0.3) is 0 Å². The Labute approximate surface area is 121 Å². The number of aliphatic hydroxyl groups excluding tert-OH is 1. The van der Waals surface area contributed by atoms with E-state index in [1.54, 1.807) is 13.8 Å². The highest BCUT2D eigenvalue weighted by molar-refractivity contribution is 5.65. The second-order valence-corrected chi connectivity index (χ2v) is 5.01. The quantitative estimate of drug-likeness (QED) is 0.844. The van der Waals surface area contributed by atoms with Crippen LogP contribution >= 0.6 is 0 Å². The molecule has 1 N–H and O–H groups in total. The molecule has 0 saturated carbocycles. The van der Waals surface area contributed by atoms with Crippen LogP contribution in [0.4, 0.5) is 0 Å². The van der Waals surface area contributed by atoms with Gasteiger partial charge in [0.25, 0.3) is 0 Å². The average Bonchev–Trinajstić information content (AvgIpc) is 2.37. The van der Waals surface area contributed by atoms with Crippen molar-refractivity contribution in [2.75, 3.05) is 13.2 Å². The van der Waals surface area contributed by atoms with Crippen molar-refractivity contribution < 1.29 is 19.4 Å². The molecule has 1 aromatic carbocycles. The number of benzene rings is 1. The van der Waals surface area contributed by atoms with Gasteiger partial charge in [-0.25, -0.2) is 0 Å². The van der Waals surface area contributed by atoms with Gasteiger partial charge in [0, 0.05) is 13.5 Å². The number of hydrogen-bond acceptors (Lipinski definition) is 4. The third kappa shape index (κ3) is 8.67. The maximum absolute atomic E-state index is 10.5. The van der Waals surface area contributed by atoms with Gasteiger partial charge in [0.1, 0.15) is 12.7 Å². The molecule has 1 atom stereocenters. The molecule has 0 fully saturated rings. The van der Waals surface area contributed by atoms with Crippen molar-refractivity contribution in [2.45, 2.75) is 46.3 Å². The molecule has 4 heteroatoms. The summed E-state index contributed by atoms with van der Waals surface area (Å²) < 4.78 is 9.95. The van der Waals surface area contributed by atoms with Gasteiger partial charge in [-0.15, -0.1) is 0 Å². The van der Waals surface area contributed by atoms with E-state index in [1.165, 1.54) is 12.5 Å². The minimum atomic E-state index is -0.795. The Morgan fingerprint density at radius 1 is 1.30 bits per heavy atom. The molecule has 20 heavy (non-hydrogen) atoms. The number of carbonyl (C=O) groups is 1. The molecular weight excluding hydrogens is 256 g/mol. The molecule has 4 nitrogen and oxygen atoms in total. The van der Waals surface area contributed by atoms with Gasteiger partial charge in [0.2, 0.25) is 0 Å². The van der Waals surface area contributed by atoms with Crippen molar-refractivity contribution >= 4 is 5.97 Å². The lowest BCUT2D eigenvalue weighted by atomic mass is 10.0. The van der Waals surface area contributed by atoms with Gasteiger partial charge >= 0.3 is 5.97 Å². The molecule has 1 aromatic rings. The van der Waals surface area contributed by atoms with Crippen LogP contribution in [0.15, 0.2) is 30.3 Å². The van der Waals surface area contributed by atoms with Crippen LogP contribution in [0.1, 0.15) is 33.3 Å². The number of esters is 1. The summed E-state index contributed by atoms with van der Waals surface area (Å²) in [6.45, 7) is 9.24. The number of aryl methyl sites for hydroxylation is 1. The highest BCUT2D eigenvalue weighted by Crippen LogP contribution is 2.14. The Kier molecular flexibility index (Phi) is 8.84. The molecule has 0 amide bonds. The summed E-state index contributed by atoms with van der Waals surface area (Å²) in [7, 11) is 0. The van der Waals surface area contributed by atoms with Crippen molar-refractivity contribution in [1.82, 2.24) is 0 Å². The Morgan fingerprint density at radius 3 is 2.20 bits per heavy atom. The highest BCUT2D eigenvalue weighted by atomic mass is 16.6. The maximum Gasteiger partial charge on any atom is 0.302 e. The molecule has 0 saturated heterocycles. The van der Waals surface area contributed by atoms with Crippen LogP contribution in [0.5, 0.6) is 0 Å². The summed E-state index contributed by atoms with van der Waals surface area (Å²) in [4.78, 5) is 10.5. The van der Waals surface area contributed by atoms with E-state index in [0.29, 0.717) is 6.61 Å². The van der Waals surface area contributed by atoms with Crippen LogP contribution in [0.3, 0.4) is 0 Å². The fourth-order valence-electron chi connectivity index (χ4n) is 1.40. The Balaban J connectivity index is 0.000000428. The molecule has 0 aromatic heterocycles. The molecule has 0 aliphatic rings. The van der Waals surface area contributed by atoms with Crippen LogP contribution in [0, 0.1) is 6.92 Å². The van der Waals surface area contributed by atoms with Crippen molar-refractivity contribution in [1.29, 1.82) is 0 Å². The fraction of sp³-hybridized carbons (Fsp3) is 0.562. The summed E-state index contributed by atoms with van der Waals surface area (Å²) in [5.74, 6) is -0.397. The van der Waals surface area contributed by atoms with Gasteiger partial charge in [0.15, 0.2) is 0 Å². The summed E-state index contributed by atoms with van der Waals surface area (Å²) in [6.07, 6.45) is -0.795. The van der Waals surface area contributed by atoms with Crippen LogP contribution in [0.2, 0.25) is 0 Å². The lowest BCUT2D eigenvalue weighted by Crippen LogP contribution is -2.42. The fourth-order valence-corrected chi connectivity index (χ4v) is 1.40. The molecule has 0 bridgehead atoms. The van der Waals surface area contributed by atoms with Gasteiger partial charge in [-0.05, 0) is 27.7 Å². The summed E-state index contributed by atoms with van der Waals surface area (Å²) in [5, 5.41) is 9.55. The smallest absolute Gasteiger partial charge is 0.302 e. The monoisotopic (exact) mass is 282 g/mol. The van der Waals surface area contributed by atoms with Gasteiger partial charge < -0.3 is 14.6 Å². The third-order valence-electron chi connectivity index (χ3n) is 2.70. The lowest BCUT2D eigenvalue weighted by Gasteiger charge is -2.29. The summed E-state index contributed by atoms with van der Waals surface area (Å²) in [5.41, 5.74) is 0.645. The van der Waals surface area contributed by atoms with Crippen LogP contribution < -0.4 is 0 Å². The van der Waals surface area contributed by atoms with Crippen LogP contribution in [-0.4, -0.2) is 36.0 Å². The van der Waals surface area contributed by atoms with E-state index in [1.807, 2.05) is 25.1 Å². The second kappa shape index (κ2) is 9.50. The average molecular weight is 282 g/mol. The standard InChI is InChI=1S/C9H18O4.C7H8/c1-5-13-9(3,4)8(11)6-12-7(2)10;1-7-5-3-2-4-6-7/h8,11H,5-6H2,1-4H3;2-6H,1H3. The predicted molar refractivity (Wildman–Crippen MR) is 79.5 cm³/mol. The topological polar surface area (TPSA) is 55.8 Å². The molecule has 1 unspecified atom stereocenters. The molecule has 0 aliphatic heterocycles. The van der Waals surface area contributed by atoms with Gasteiger partial charge in [-0.1, -0.05) is 35.9 Å². The number of hydrogen-bond donors (Lipinski definition) is 1. The zero-order valence-corrected chi connectivity index (χ0v) is 13.1. The zero-order valence-electron chi connectivity index (χ0n) is 13.1. The number of rotatable bonds is 5. The van der Waals surface area contributed by atoms with E-state index in [2.05, 4.69) is 23.8 Å². The molecule has 0 heterocycles. The van der Waals surface area contributed by atoms with Crippen LogP contribution in [-0.2, 0) is 14.3 Å². The summed E-state index contributed by atoms with van der Waals surface area (Å²) in [6, 6.07) is 10.3. The normalized spacial score (nSPS) is 12.1. The number of carbonyl (C=O) groups excluding carboxylic acids is 1. The van der Waals surface area contributed by atoms with E-state index >= 15 is 0 Å².